The zero-order valence-corrected chi connectivity index (χ0v) is 11.5. The predicted octanol–water partition coefficient (Wildman–Crippen LogP) is 3.13. The summed E-state index contributed by atoms with van der Waals surface area (Å²) in [6, 6.07) is 0. The van der Waals surface area contributed by atoms with Crippen LogP contribution in [0.5, 0.6) is 0 Å². The second-order valence-corrected chi connectivity index (χ2v) is 5.78. The normalized spacial score (nSPS) is 24.4. The standard InChI is InChI=1S/C14H22N2O2/c1-9(2)11-4-6-12(7-5-11)14-15-13(18-16-14)8-10(3)17/h9,11-12H,4-8H2,1-3H3. The topological polar surface area (TPSA) is 56.0 Å². The van der Waals surface area contributed by atoms with Crippen LogP contribution in [-0.4, -0.2) is 15.9 Å². The van der Waals surface area contributed by atoms with E-state index in [-0.39, 0.29) is 12.2 Å². The number of carbonyl (C=O) groups excluding carboxylic acids is 1. The molecule has 1 aliphatic rings. The van der Waals surface area contributed by atoms with Crippen LogP contribution < -0.4 is 0 Å². The maximum Gasteiger partial charge on any atom is 0.234 e. The Kier molecular flexibility index (Phi) is 4.15. The lowest BCUT2D eigenvalue weighted by atomic mass is 9.77. The summed E-state index contributed by atoms with van der Waals surface area (Å²) in [5.74, 6) is 3.35. The van der Waals surface area contributed by atoms with Crippen LogP contribution in [0, 0.1) is 11.8 Å². The van der Waals surface area contributed by atoms with Gasteiger partial charge in [0.05, 0.1) is 6.42 Å². The number of Topliss-reactive ketones (excluding diaryl/α,β-unsaturated/α-hetero) is 1. The summed E-state index contributed by atoms with van der Waals surface area (Å²) in [5.41, 5.74) is 0. The Labute approximate surface area is 108 Å². The van der Waals surface area contributed by atoms with Crippen LogP contribution in [0.15, 0.2) is 4.52 Å². The van der Waals surface area contributed by atoms with Gasteiger partial charge in [-0.15, -0.1) is 0 Å². The minimum atomic E-state index is 0.0636. The van der Waals surface area contributed by atoms with Crippen LogP contribution in [-0.2, 0) is 11.2 Å². The maximum absolute atomic E-state index is 11.0. The highest BCUT2D eigenvalue weighted by molar-refractivity contribution is 5.77. The van der Waals surface area contributed by atoms with Gasteiger partial charge in [0.15, 0.2) is 5.82 Å². The number of carbonyl (C=O) groups is 1. The van der Waals surface area contributed by atoms with Crippen molar-refractivity contribution in [3.8, 4) is 0 Å². The van der Waals surface area contributed by atoms with Gasteiger partial charge in [-0.25, -0.2) is 0 Å². The number of ketones is 1. The van der Waals surface area contributed by atoms with Crippen molar-refractivity contribution in [2.75, 3.05) is 0 Å². The Morgan fingerprint density at radius 2 is 2.00 bits per heavy atom. The fraction of sp³-hybridized carbons (Fsp3) is 0.786. The van der Waals surface area contributed by atoms with Gasteiger partial charge >= 0.3 is 0 Å². The molecule has 1 saturated carbocycles. The lowest BCUT2D eigenvalue weighted by Gasteiger charge is -2.29. The van der Waals surface area contributed by atoms with E-state index in [2.05, 4.69) is 24.0 Å². The summed E-state index contributed by atoms with van der Waals surface area (Å²) in [6.07, 6.45) is 5.04. The summed E-state index contributed by atoms with van der Waals surface area (Å²) in [4.78, 5) is 15.3. The Morgan fingerprint density at radius 3 is 2.56 bits per heavy atom. The van der Waals surface area contributed by atoms with Crippen LogP contribution in [0.25, 0.3) is 0 Å². The minimum Gasteiger partial charge on any atom is -0.339 e. The van der Waals surface area contributed by atoms with Crippen LogP contribution in [0.4, 0.5) is 0 Å². The number of nitrogens with zero attached hydrogens (tertiary/aromatic N) is 2. The van der Waals surface area contributed by atoms with Gasteiger partial charge < -0.3 is 4.52 Å². The molecule has 0 bridgehead atoms. The lowest BCUT2D eigenvalue weighted by molar-refractivity contribution is -0.116. The Bertz CT molecular complexity index is 404. The molecule has 0 atom stereocenters. The molecule has 18 heavy (non-hydrogen) atoms. The third-order valence-electron chi connectivity index (χ3n) is 3.96. The number of rotatable bonds is 4. The van der Waals surface area contributed by atoms with E-state index in [1.165, 1.54) is 19.8 Å². The van der Waals surface area contributed by atoms with Crippen molar-refractivity contribution >= 4 is 5.78 Å². The molecular formula is C14H22N2O2. The van der Waals surface area contributed by atoms with Crippen LogP contribution in [0.3, 0.4) is 0 Å². The zero-order chi connectivity index (χ0) is 13.1. The van der Waals surface area contributed by atoms with Crippen molar-refractivity contribution in [1.82, 2.24) is 10.1 Å². The zero-order valence-electron chi connectivity index (χ0n) is 11.5. The molecule has 0 spiro atoms. The first-order valence-electron chi connectivity index (χ1n) is 6.88. The molecule has 0 radical (unpaired) electrons. The van der Waals surface area contributed by atoms with Crippen molar-refractivity contribution in [3.63, 3.8) is 0 Å². The summed E-state index contributed by atoms with van der Waals surface area (Å²) in [7, 11) is 0. The molecular weight excluding hydrogens is 228 g/mol. The van der Waals surface area contributed by atoms with Gasteiger partial charge in [0, 0.05) is 5.92 Å². The summed E-state index contributed by atoms with van der Waals surface area (Å²) in [5, 5.41) is 4.02. The average Bonchev–Trinajstić information content (AvgIpc) is 2.76. The fourth-order valence-corrected chi connectivity index (χ4v) is 2.76. The SMILES string of the molecule is CC(=O)Cc1nc(C2CCC(C(C)C)CC2)no1. The first kappa shape index (κ1) is 13.2. The summed E-state index contributed by atoms with van der Waals surface area (Å²) < 4.78 is 5.12. The van der Waals surface area contributed by atoms with Gasteiger partial charge in [-0.2, -0.15) is 4.98 Å². The smallest absolute Gasteiger partial charge is 0.234 e. The van der Waals surface area contributed by atoms with Gasteiger partial charge in [0.25, 0.3) is 0 Å². The molecule has 4 heteroatoms. The van der Waals surface area contributed by atoms with Crippen molar-refractivity contribution in [1.29, 1.82) is 0 Å². The lowest BCUT2D eigenvalue weighted by Crippen LogP contribution is -2.18. The Balaban J connectivity index is 1.93. The highest BCUT2D eigenvalue weighted by Gasteiger charge is 2.27. The van der Waals surface area contributed by atoms with Crippen LogP contribution in [0.2, 0.25) is 0 Å². The van der Waals surface area contributed by atoms with Crippen molar-refractivity contribution < 1.29 is 9.32 Å². The van der Waals surface area contributed by atoms with Gasteiger partial charge in [-0.1, -0.05) is 19.0 Å². The van der Waals surface area contributed by atoms with Crippen molar-refractivity contribution in [2.24, 2.45) is 11.8 Å². The molecule has 1 aromatic heterocycles. The van der Waals surface area contributed by atoms with Gasteiger partial charge in [0.1, 0.15) is 5.78 Å². The monoisotopic (exact) mass is 250 g/mol. The van der Waals surface area contributed by atoms with E-state index in [0.717, 1.165) is 30.5 Å². The van der Waals surface area contributed by atoms with E-state index < -0.39 is 0 Å². The molecule has 0 aliphatic heterocycles. The molecule has 0 N–H and O–H groups in total. The first-order valence-corrected chi connectivity index (χ1v) is 6.88. The van der Waals surface area contributed by atoms with Gasteiger partial charge in [-0.3, -0.25) is 4.79 Å². The quantitative estimate of drug-likeness (QED) is 0.823. The third kappa shape index (κ3) is 3.18. The van der Waals surface area contributed by atoms with E-state index in [0.29, 0.717) is 11.8 Å². The predicted molar refractivity (Wildman–Crippen MR) is 68.2 cm³/mol. The largest absolute Gasteiger partial charge is 0.339 e. The highest BCUT2D eigenvalue weighted by atomic mass is 16.5. The Hall–Kier alpha value is -1.19. The molecule has 1 aliphatic carbocycles. The molecule has 2 rings (SSSR count). The van der Waals surface area contributed by atoms with Crippen molar-refractivity contribution in [3.05, 3.63) is 11.7 Å². The second kappa shape index (κ2) is 5.63. The fourth-order valence-electron chi connectivity index (χ4n) is 2.76. The average molecular weight is 250 g/mol. The van der Waals surface area contributed by atoms with Crippen LogP contribution in [0.1, 0.15) is 64.1 Å². The molecule has 1 aromatic rings. The molecule has 1 fully saturated rings. The van der Waals surface area contributed by atoms with Gasteiger partial charge in [0.2, 0.25) is 5.89 Å². The van der Waals surface area contributed by atoms with E-state index in [9.17, 15) is 4.79 Å². The summed E-state index contributed by atoms with van der Waals surface area (Å²) >= 11 is 0. The van der Waals surface area contributed by atoms with E-state index in [1.54, 1.807) is 0 Å². The second-order valence-electron chi connectivity index (χ2n) is 5.78. The van der Waals surface area contributed by atoms with Crippen molar-refractivity contribution in [2.45, 2.75) is 58.8 Å². The molecule has 0 aromatic carbocycles. The molecule has 4 nitrogen and oxygen atoms in total. The minimum absolute atomic E-state index is 0.0636. The highest BCUT2D eigenvalue weighted by Crippen LogP contribution is 2.37. The van der Waals surface area contributed by atoms with Gasteiger partial charge in [-0.05, 0) is 44.4 Å². The number of aromatic nitrogens is 2. The van der Waals surface area contributed by atoms with Crippen LogP contribution >= 0.6 is 0 Å². The first-order chi connectivity index (χ1) is 8.56. The maximum atomic E-state index is 11.0. The van der Waals surface area contributed by atoms with E-state index in [1.807, 2.05) is 0 Å². The molecule has 0 unspecified atom stereocenters. The van der Waals surface area contributed by atoms with E-state index >= 15 is 0 Å². The Morgan fingerprint density at radius 1 is 1.33 bits per heavy atom. The molecule has 1 heterocycles. The third-order valence-corrected chi connectivity index (χ3v) is 3.96. The molecule has 0 saturated heterocycles. The number of hydrogen-bond acceptors (Lipinski definition) is 4. The van der Waals surface area contributed by atoms with E-state index in [4.69, 9.17) is 4.52 Å². The molecule has 0 amide bonds. The summed E-state index contributed by atoms with van der Waals surface area (Å²) in [6.45, 7) is 6.13. The molecule has 100 valence electrons. The number of hydrogen-bond donors (Lipinski definition) is 0.